The Bertz CT molecular complexity index is 28.5. The van der Waals surface area contributed by atoms with Gasteiger partial charge in [-0.25, -0.2) is 0 Å². The van der Waals surface area contributed by atoms with Crippen LogP contribution in [0.1, 0.15) is 6.92 Å². The van der Waals surface area contributed by atoms with Crippen LogP contribution in [0, 0.1) is 6.23 Å². The van der Waals surface area contributed by atoms with E-state index in [0.29, 0.717) is 0 Å². The summed E-state index contributed by atoms with van der Waals surface area (Å²) in [5, 5.41) is 10.1. The van der Waals surface area contributed by atoms with Crippen LogP contribution in [0.25, 0.3) is 0 Å². The zero-order valence-corrected chi connectivity index (χ0v) is 4.36. The normalized spacial score (nSPS) is 11.0. The monoisotopic (exact) mass is 87.1 g/mol. The molecule has 0 N–H and O–H groups in total. The second-order valence-corrected chi connectivity index (χ2v) is 1.41. The van der Waals surface area contributed by atoms with Crippen molar-refractivity contribution in [1.29, 1.82) is 0 Å². The lowest BCUT2D eigenvalue weighted by atomic mass is 10.6. The molecule has 0 aliphatic carbocycles. The van der Waals surface area contributed by atoms with Crippen molar-refractivity contribution in [2.45, 2.75) is 6.92 Å². The molecule has 0 aromatic carbocycles. The average Bonchev–Trinajstić information content (AvgIpc) is 1.36. The van der Waals surface area contributed by atoms with E-state index in [2.05, 4.69) is 0 Å². The minimum Gasteiger partial charge on any atom is -0.838 e. The van der Waals surface area contributed by atoms with Crippen LogP contribution in [0.2, 0.25) is 0 Å². The molecule has 2 heteroatoms. The Balaban J connectivity index is 2.99. The number of hydrogen-bond acceptors (Lipinski definition) is 2. The van der Waals surface area contributed by atoms with E-state index >= 15 is 0 Å². The van der Waals surface area contributed by atoms with Gasteiger partial charge >= 0.3 is 0 Å². The highest BCUT2D eigenvalue weighted by molar-refractivity contribution is 4.57. The lowest BCUT2D eigenvalue weighted by Gasteiger charge is -2.23. The first kappa shape index (κ1) is 5.92. The van der Waals surface area contributed by atoms with Crippen LogP contribution in [0.3, 0.4) is 0 Å². The summed E-state index contributed by atoms with van der Waals surface area (Å²) in [6, 6.07) is 0. The third-order valence-corrected chi connectivity index (χ3v) is 0.630. The van der Waals surface area contributed by atoms with Gasteiger partial charge in [-0.3, -0.25) is 0 Å². The number of hydrogen-bond donors (Lipinski definition) is 0. The van der Waals surface area contributed by atoms with E-state index < -0.39 is 0 Å². The first-order valence-electron chi connectivity index (χ1n) is 1.82. The lowest BCUT2D eigenvalue weighted by molar-refractivity contribution is -0.378. The predicted octanol–water partition coefficient (Wildman–Crippen LogP) is -0.582. The summed E-state index contributed by atoms with van der Waals surface area (Å²) in [7, 11) is 3.45. The standard InChI is InChI=1S/C4H9NO/c1-4(6)5(2)3/h1-3H3/q-1. The van der Waals surface area contributed by atoms with E-state index in [-0.39, 0.29) is 6.23 Å². The predicted molar refractivity (Wildman–Crippen MR) is 22.6 cm³/mol. The van der Waals surface area contributed by atoms with E-state index in [4.69, 9.17) is 0 Å². The Labute approximate surface area is 38.4 Å². The molecular weight excluding hydrogens is 78.0 g/mol. The molecule has 0 spiro atoms. The largest absolute Gasteiger partial charge is 0.838 e. The molecule has 37 valence electrons. The van der Waals surface area contributed by atoms with Gasteiger partial charge in [0.25, 0.3) is 0 Å². The third-order valence-electron chi connectivity index (χ3n) is 0.630. The molecule has 0 aromatic heterocycles. The minimum absolute atomic E-state index is 0.0926. The van der Waals surface area contributed by atoms with Crippen molar-refractivity contribution in [2.75, 3.05) is 14.1 Å². The highest BCUT2D eigenvalue weighted by Gasteiger charge is 1.82. The molecule has 0 saturated carbocycles. The maximum absolute atomic E-state index is 10.1. The summed E-state index contributed by atoms with van der Waals surface area (Å²) >= 11 is 0. The van der Waals surface area contributed by atoms with Crippen LogP contribution in [-0.4, -0.2) is 19.0 Å². The van der Waals surface area contributed by atoms with Crippen molar-refractivity contribution in [3.05, 3.63) is 6.23 Å². The summed E-state index contributed by atoms with van der Waals surface area (Å²) in [4.78, 5) is 1.53. The summed E-state index contributed by atoms with van der Waals surface area (Å²) in [6.07, 6.45) is 0.0926. The van der Waals surface area contributed by atoms with Crippen LogP contribution in [0.4, 0.5) is 0 Å². The van der Waals surface area contributed by atoms with E-state index in [1.807, 2.05) is 0 Å². The van der Waals surface area contributed by atoms with Crippen molar-refractivity contribution >= 4 is 0 Å². The van der Waals surface area contributed by atoms with Gasteiger partial charge in [0, 0.05) is 0 Å². The number of nitrogens with zero attached hydrogens (tertiary/aromatic N) is 1. The summed E-state index contributed by atoms with van der Waals surface area (Å²) < 4.78 is 0. The molecule has 0 saturated heterocycles. The molecule has 0 aliphatic heterocycles. The van der Waals surface area contributed by atoms with E-state index in [9.17, 15) is 5.11 Å². The Morgan fingerprint density at radius 1 is 1.50 bits per heavy atom. The van der Waals surface area contributed by atoms with Gasteiger partial charge in [-0.1, -0.05) is 13.2 Å². The van der Waals surface area contributed by atoms with Gasteiger partial charge < -0.3 is 10.0 Å². The zero-order valence-electron chi connectivity index (χ0n) is 4.36. The fraction of sp³-hybridized carbons (Fsp3) is 0.750. The average molecular weight is 87.1 g/mol. The van der Waals surface area contributed by atoms with Crippen LogP contribution in [0.15, 0.2) is 0 Å². The second kappa shape index (κ2) is 2.16. The molecule has 0 unspecified atom stereocenters. The molecule has 0 atom stereocenters. The summed E-state index contributed by atoms with van der Waals surface area (Å²) in [6.45, 7) is 1.53. The molecule has 0 bridgehead atoms. The molecular formula is C4H9NO-. The van der Waals surface area contributed by atoms with Gasteiger partial charge in [-0.15, -0.1) is 0 Å². The molecule has 1 radical (unpaired) electrons. The van der Waals surface area contributed by atoms with Crippen molar-refractivity contribution in [3.8, 4) is 0 Å². The van der Waals surface area contributed by atoms with E-state index in [0.717, 1.165) is 0 Å². The third kappa shape index (κ3) is 2.18. The Kier molecular flexibility index (Phi) is 2.13. The molecule has 0 fully saturated rings. The fourth-order valence-electron chi connectivity index (χ4n) is 0. The Morgan fingerprint density at radius 2 is 1.67 bits per heavy atom. The maximum atomic E-state index is 10.1. The second-order valence-electron chi connectivity index (χ2n) is 1.41. The zero-order chi connectivity index (χ0) is 5.15. The SMILES string of the molecule is C[C]([O-])N(C)C. The first-order valence-corrected chi connectivity index (χ1v) is 1.82. The van der Waals surface area contributed by atoms with Crippen LogP contribution >= 0.6 is 0 Å². The van der Waals surface area contributed by atoms with Gasteiger partial charge in [-0.2, -0.15) is 0 Å². The number of rotatable bonds is 1. The van der Waals surface area contributed by atoms with Gasteiger partial charge in [0.2, 0.25) is 0 Å². The van der Waals surface area contributed by atoms with Crippen LogP contribution in [0.5, 0.6) is 0 Å². The molecule has 2 nitrogen and oxygen atoms in total. The highest BCUT2D eigenvalue weighted by atomic mass is 16.3. The Hall–Kier alpha value is -0.0800. The summed E-state index contributed by atoms with van der Waals surface area (Å²) in [5.74, 6) is 0. The molecule has 0 rings (SSSR count). The van der Waals surface area contributed by atoms with Crippen molar-refractivity contribution in [2.24, 2.45) is 0 Å². The molecule has 0 aliphatic rings. The highest BCUT2D eigenvalue weighted by Crippen LogP contribution is 1.85. The molecule has 0 heterocycles. The molecule has 0 aromatic rings. The van der Waals surface area contributed by atoms with Gasteiger partial charge in [0.05, 0.1) is 0 Å². The first-order chi connectivity index (χ1) is 2.64. The van der Waals surface area contributed by atoms with Crippen molar-refractivity contribution in [1.82, 2.24) is 4.90 Å². The summed E-state index contributed by atoms with van der Waals surface area (Å²) in [5.41, 5.74) is 0. The molecule has 0 amide bonds. The van der Waals surface area contributed by atoms with Gasteiger partial charge in [0.15, 0.2) is 0 Å². The van der Waals surface area contributed by atoms with E-state index in [1.54, 1.807) is 14.1 Å². The van der Waals surface area contributed by atoms with Crippen molar-refractivity contribution in [3.63, 3.8) is 0 Å². The quantitative estimate of drug-likeness (QED) is 0.427. The van der Waals surface area contributed by atoms with Gasteiger partial charge in [0.1, 0.15) is 0 Å². The smallest absolute Gasteiger partial charge is 0.0146 e. The van der Waals surface area contributed by atoms with Crippen LogP contribution < -0.4 is 5.11 Å². The topological polar surface area (TPSA) is 26.3 Å². The molecule has 6 heavy (non-hydrogen) atoms. The van der Waals surface area contributed by atoms with Gasteiger partial charge in [-0.05, 0) is 14.1 Å². The van der Waals surface area contributed by atoms with E-state index in [1.165, 1.54) is 11.8 Å². The lowest BCUT2D eigenvalue weighted by Crippen LogP contribution is -2.27. The van der Waals surface area contributed by atoms with Crippen molar-refractivity contribution < 1.29 is 5.11 Å². The minimum atomic E-state index is 0.0926. The fourth-order valence-corrected chi connectivity index (χ4v) is 0. The maximum Gasteiger partial charge on any atom is -0.0146 e. The Morgan fingerprint density at radius 3 is 1.67 bits per heavy atom. The van der Waals surface area contributed by atoms with Crippen LogP contribution in [-0.2, 0) is 0 Å².